The summed E-state index contributed by atoms with van der Waals surface area (Å²) in [6, 6.07) is 0.145. The van der Waals surface area contributed by atoms with E-state index in [9.17, 15) is 4.79 Å². The highest BCUT2D eigenvalue weighted by Gasteiger charge is 2.24. The minimum absolute atomic E-state index is 0.439. The molecular weight excluding hydrogens is 218 g/mol. The fourth-order valence-corrected chi connectivity index (χ4v) is 2.20. The van der Waals surface area contributed by atoms with E-state index in [1.165, 1.54) is 0 Å². The van der Waals surface area contributed by atoms with Crippen LogP contribution in [-0.4, -0.2) is 72.2 Å². The van der Waals surface area contributed by atoms with Crippen LogP contribution < -0.4 is 5.32 Å². The number of aliphatic carboxylic acids is 1. The number of rotatable bonds is 6. The van der Waals surface area contributed by atoms with Crippen molar-refractivity contribution in [3.8, 4) is 0 Å². The lowest BCUT2D eigenvalue weighted by Gasteiger charge is -2.37. The van der Waals surface area contributed by atoms with E-state index in [2.05, 4.69) is 29.0 Å². The van der Waals surface area contributed by atoms with Crippen LogP contribution in [0.3, 0.4) is 0 Å². The zero-order chi connectivity index (χ0) is 12.8. The number of carboxylic acids is 1. The fourth-order valence-electron chi connectivity index (χ4n) is 2.20. The molecule has 1 rings (SSSR count). The Morgan fingerprint density at radius 3 is 2.29 bits per heavy atom. The fraction of sp³-hybridized carbons (Fsp3) is 0.917. The third-order valence-electron chi connectivity index (χ3n) is 3.33. The zero-order valence-corrected chi connectivity index (χ0v) is 11.1. The molecule has 0 bridgehead atoms. The van der Waals surface area contributed by atoms with Gasteiger partial charge in [-0.05, 0) is 20.4 Å². The normalized spacial score (nSPS) is 20.7. The first-order valence-electron chi connectivity index (χ1n) is 6.47. The summed E-state index contributed by atoms with van der Waals surface area (Å²) in [5.41, 5.74) is 0. The van der Waals surface area contributed by atoms with Gasteiger partial charge in [0.05, 0.1) is 0 Å². The van der Waals surface area contributed by atoms with E-state index in [-0.39, 0.29) is 0 Å². The molecule has 17 heavy (non-hydrogen) atoms. The monoisotopic (exact) mass is 243 g/mol. The minimum atomic E-state index is -0.752. The summed E-state index contributed by atoms with van der Waals surface area (Å²) in [5, 5.41) is 12.1. The minimum Gasteiger partial charge on any atom is -0.480 e. The van der Waals surface area contributed by atoms with Crippen LogP contribution in [0.25, 0.3) is 0 Å². The second-order valence-electron chi connectivity index (χ2n) is 4.88. The van der Waals surface area contributed by atoms with Crippen LogP contribution in [0.4, 0.5) is 0 Å². The van der Waals surface area contributed by atoms with Gasteiger partial charge in [0.15, 0.2) is 0 Å². The van der Waals surface area contributed by atoms with Gasteiger partial charge in [0.25, 0.3) is 0 Å². The molecule has 0 radical (unpaired) electrons. The van der Waals surface area contributed by atoms with Crippen molar-refractivity contribution in [2.75, 3.05) is 39.3 Å². The highest BCUT2D eigenvalue weighted by molar-refractivity contribution is 5.73. The second-order valence-corrected chi connectivity index (χ2v) is 4.88. The number of likely N-dealkylation sites (N-methyl/N-ethyl adjacent to an activating group) is 1. The Morgan fingerprint density at radius 2 is 1.88 bits per heavy atom. The molecule has 1 aliphatic rings. The summed E-state index contributed by atoms with van der Waals surface area (Å²) < 4.78 is 0. The Balaban J connectivity index is 2.35. The van der Waals surface area contributed by atoms with Crippen LogP contribution >= 0.6 is 0 Å². The Labute approximate surface area is 104 Å². The van der Waals surface area contributed by atoms with Crippen LogP contribution in [-0.2, 0) is 4.79 Å². The number of piperazine rings is 1. The average molecular weight is 243 g/mol. The smallest absolute Gasteiger partial charge is 0.322 e. The first-order valence-corrected chi connectivity index (χ1v) is 6.47. The molecule has 5 heteroatoms. The Bertz CT molecular complexity index is 238. The zero-order valence-electron chi connectivity index (χ0n) is 11.1. The Morgan fingerprint density at radius 1 is 1.29 bits per heavy atom. The largest absolute Gasteiger partial charge is 0.480 e. The van der Waals surface area contributed by atoms with Crippen molar-refractivity contribution < 1.29 is 9.90 Å². The van der Waals surface area contributed by atoms with E-state index >= 15 is 0 Å². The van der Waals surface area contributed by atoms with E-state index in [4.69, 9.17) is 5.11 Å². The molecule has 2 N–H and O–H groups in total. The summed E-state index contributed by atoms with van der Waals surface area (Å²) >= 11 is 0. The Hall–Kier alpha value is -0.650. The van der Waals surface area contributed by atoms with Crippen molar-refractivity contribution >= 4 is 5.97 Å². The van der Waals surface area contributed by atoms with E-state index in [0.717, 1.165) is 26.2 Å². The van der Waals surface area contributed by atoms with Crippen molar-refractivity contribution in [3.05, 3.63) is 0 Å². The van der Waals surface area contributed by atoms with Crippen molar-refractivity contribution in [3.63, 3.8) is 0 Å². The van der Waals surface area contributed by atoms with Gasteiger partial charge in [-0.1, -0.05) is 6.92 Å². The summed E-state index contributed by atoms with van der Waals surface area (Å²) in [7, 11) is 0. The second kappa shape index (κ2) is 6.93. The number of nitrogens with zero attached hydrogens (tertiary/aromatic N) is 2. The molecule has 0 aromatic carbocycles. The topological polar surface area (TPSA) is 55.8 Å². The van der Waals surface area contributed by atoms with Gasteiger partial charge in [0, 0.05) is 38.8 Å². The summed E-state index contributed by atoms with van der Waals surface area (Å²) in [6.45, 7) is 11.7. The van der Waals surface area contributed by atoms with Gasteiger partial charge in [-0.15, -0.1) is 0 Å². The SMILES string of the molecule is CCNC(CN1CCN(C(C)C)CC1)C(=O)O. The van der Waals surface area contributed by atoms with E-state index in [1.807, 2.05) is 6.92 Å². The van der Waals surface area contributed by atoms with Gasteiger partial charge in [-0.3, -0.25) is 14.6 Å². The summed E-state index contributed by atoms with van der Waals surface area (Å²) in [4.78, 5) is 15.7. The molecule has 0 saturated carbocycles. The molecule has 1 aliphatic heterocycles. The van der Waals surface area contributed by atoms with Crippen molar-refractivity contribution in [1.82, 2.24) is 15.1 Å². The molecule has 0 aromatic rings. The predicted octanol–water partition coefficient (Wildman–Crippen LogP) is 0.0751. The standard InChI is InChI=1S/C12H25N3O2/c1-4-13-11(12(16)17)9-14-5-7-15(8-6-14)10(2)3/h10-11,13H,4-9H2,1-3H3,(H,16,17). The number of nitrogens with one attached hydrogen (secondary N) is 1. The number of hydrogen-bond acceptors (Lipinski definition) is 4. The molecule has 5 nitrogen and oxygen atoms in total. The molecule has 0 aliphatic carbocycles. The number of hydrogen-bond donors (Lipinski definition) is 2. The molecule has 1 heterocycles. The van der Waals surface area contributed by atoms with E-state index in [1.54, 1.807) is 0 Å². The van der Waals surface area contributed by atoms with Gasteiger partial charge in [0.2, 0.25) is 0 Å². The molecule has 1 atom stereocenters. The maximum atomic E-state index is 11.0. The first kappa shape index (κ1) is 14.4. The average Bonchev–Trinajstić information content (AvgIpc) is 2.29. The third kappa shape index (κ3) is 4.61. The quantitative estimate of drug-likeness (QED) is 0.692. The summed E-state index contributed by atoms with van der Waals surface area (Å²) in [6.07, 6.45) is 0. The molecule has 1 unspecified atom stereocenters. The third-order valence-corrected chi connectivity index (χ3v) is 3.33. The van der Waals surface area contributed by atoms with Gasteiger partial charge < -0.3 is 10.4 Å². The van der Waals surface area contributed by atoms with Crippen molar-refractivity contribution in [2.24, 2.45) is 0 Å². The maximum absolute atomic E-state index is 11.0. The number of carbonyl (C=O) groups is 1. The molecule has 0 spiro atoms. The van der Waals surface area contributed by atoms with Crippen LogP contribution in [0.5, 0.6) is 0 Å². The summed E-state index contributed by atoms with van der Waals surface area (Å²) in [5.74, 6) is -0.752. The molecule has 0 aromatic heterocycles. The van der Waals surface area contributed by atoms with Gasteiger partial charge in [-0.2, -0.15) is 0 Å². The number of carboxylic acid groups (broad SMARTS) is 1. The highest BCUT2D eigenvalue weighted by atomic mass is 16.4. The van der Waals surface area contributed by atoms with Gasteiger partial charge >= 0.3 is 5.97 Å². The molecular formula is C12H25N3O2. The lowest BCUT2D eigenvalue weighted by molar-refractivity contribution is -0.140. The lowest BCUT2D eigenvalue weighted by atomic mass is 10.2. The van der Waals surface area contributed by atoms with E-state index in [0.29, 0.717) is 19.1 Å². The molecule has 0 amide bonds. The van der Waals surface area contributed by atoms with E-state index < -0.39 is 12.0 Å². The molecule has 1 saturated heterocycles. The first-order chi connectivity index (χ1) is 8.04. The maximum Gasteiger partial charge on any atom is 0.322 e. The molecule has 100 valence electrons. The lowest BCUT2D eigenvalue weighted by Crippen LogP contribution is -2.53. The van der Waals surface area contributed by atoms with Crippen LogP contribution in [0, 0.1) is 0 Å². The van der Waals surface area contributed by atoms with Crippen LogP contribution in [0.15, 0.2) is 0 Å². The highest BCUT2D eigenvalue weighted by Crippen LogP contribution is 2.06. The van der Waals surface area contributed by atoms with Crippen molar-refractivity contribution in [2.45, 2.75) is 32.9 Å². The van der Waals surface area contributed by atoms with Crippen molar-refractivity contribution in [1.29, 1.82) is 0 Å². The molecule has 1 fully saturated rings. The van der Waals surface area contributed by atoms with Gasteiger partial charge in [-0.25, -0.2) is 0 Å². The van der Waals surface area contributed by atoms with Crippen LogP contribution in [0.1, 0.15) is 20.8 Å². The van der Waals surface area contributed by atoms with Crippen LogP contribution in [0.2, 0.25) is 0 Å². The predicted molar refractivity (Wildman–Crippen MR) is 68.2 cm³/mol. The van der Waals surface area contributed by atoms with Gasteiger partial charge in [0.1, 0.15) is 6.04 Å². The Kier molecular flexibility index (Phi) is 5.88.